The number of halogens is 1. The molecule has 1 unspecified atom stereocenters. The molecule has 2 N–H and O–H groups in total. The van der Waals surface area contributed by atoms with Gasteiger partial charge in [0.25, 0.3) is 0 Å². The van der Waals surface area contributed by atoms with Crippen LogP contribution in [0.25, 0.3) is 0 Å². The maximum atomic E-state index is 11.3. The van der Waals surface area contributed by atoms with Crippen LogP contribution in [0, 0.1) is 0 Å². The second-order valence-corrected chi connectivity index (χ2v) is 3.36. The third-order valence-corrected chi connectivity index (χ3v) is 2.23. The van der Waals surface area contributed by atoms with Gasteiger partial charge >= 0.3 is 5.97 Å². The number of para-hydroxylation sites is 1. The van der Waals surface area contributed by atoms with Gasteiger partial charge in [0, 0.05) is 11.6 Å². The fraction of sp³-hybridized carbons (Fsp3) is 0.417. The molecule has 4 nitrogen and oxygen atoms in total. The minimum Gasteiger partial charge on any atom is -0.496 e. The molecule has 17 heavy (non-hydrogen) atoms. The van der Waals surface area contributed by atoms with Gasteiger partial charge in [-0.1, -0.05) is 18.2 Å². The Hall–Kier alpha value is -1.26. The van der Waals surface area contributed by atoms with Crippen molar-refractivity contribution in [3.05, 3.63) is 29.8 Å². The first kappa shape index (κ1) is 15.7. The molecule has 1 aromatic rings. The van der Waals surface area contributed by atoms with Crippen LogP contribution in [0.15, 0.2) is 24.3 Å². The third kappa shape index (κ3) is 4.63. The van der Waals surface area contributed by atoms with Gasteiger partial charge in [0.2, 0.25) is 0 Å². The standard InChI is InChI=1S/C12H17NO3.ClH/c1-3-16-12(14)8-10(13)9-6-4-5-7-11(9)15-2;/h4-7,10H,3,8,13H2,1-2H3;1H. The van der Waals surface area contributed by atoms with Crippen LogP contribution in [-0.4, -0.2) is 19.7 Å². The van der Waals surface area contributed by atoms with E-state index in [1.54, 1.807) is 14.0 Å². The summed E-state index contributed by atoms with van der Waals surface area (Å²) in [4.78, 5) is 11.3. The molecular weight excluding hydrogens is 242 g/mol. The molecule has 1 rings (SSSR count). The highest BCUT2D eigenvalue weighted by atomic mass is 35.5. The lowest BCUT2D eigenvalue weighted by Crippen LogP contribution is -2.17. The number of methoxy groups -OCH3 is 1. The van der Waals surface area contributed by atoms with E-state index >= 15 is 0 Å². The normalized spacial score (nSPS) is 11.2. The van der Waals surface area contributed by atoms with Gasteiger partial charge < -0.3 is 15.2 Å². The molecule has 0 aliphatic heterocycles. The predicted molar refractivity (Wildman–Crippen MR) is 68.4 cm³/mol. The van der Waals surface area contributed by atoms with Gasteiger partial charge in [0.15, 0.2) is 0 Å². The molecule has 0 radical (unpaired) electrons. The zero-order valence-electron chi connectivity index (χ0n) is 10.0. The number of hydrogen-bond acceptors (Lipinski definition) is 4. The quantitative estimate of drug-likeness (QED) is 0.823. The number of esters is 1. The molecule has 0 fully saturated rings. The van der Waals surface area contributed by atoms with Crippen molar-refractivity contribution in [1.29, 1.82) is 0 Å². The van der Waals surface area contributed by atoms with Gasteiger partial charge in [0.05, 0.1) is 20.1 Å². The molecule has 0 aliphatic carbocycles. The fourth-order valence-corrected chi connectivity index (χ4v) is 1.48. The van der Waals surface area contributed by atoms with Crippen LogP contribution in [0.1, 0.15) is 24.9 Å². The van der Waals surface area contributed by atoms with Gasteiger partial charge in [-0.05, 0) is 13.0 Å². The molecule has 1 atom stereocenters. The Balaban J connectivity index is 0.00000256. The summed E-state index contributed by atoms with van der Waals surface area (Å²) in [5.41, 5.74) is 6.74. The molecule has 0 heterocycles. The monoisotopic (exact) mass is 259 g/mol. The van der Waals surface area contributed by atoms with Crippen molar-refractivity contribution in [1.82, 2.24) is 0 Å². The van der Waals surface area contributed by atoms with Gasteiger partial charge in [-0.2, -0.15) is 0 Å². The summed E-state index contributed by atoms with van der Waals surface area (Å²) < 4.78 is 10.0. The van der Waals surface area contributed by atoms with E-state index in [2.05, 4.69) is 0 Å². The predicted octanol–water partition coefficient (Wildman–Crippen LogP) is 2.07. The Morgan fingerprint density at radius 1 is 1.41 bits per heavy atom. The topological polar surface area (TPSA) is 61.5 Å². The van der Waals surface area contributed by atoms with E-state index < -0.39 is 6.04 Å². The van der Waals surface area contributed by atoms with E-state index in [1.807, 2.05) is 24.3 Å². The summed E-state index contributed by atoms with van der Waals surface area (Å²) in [7, 11) is 1.58. The summed E-state index contributed by atoms with van der Waals surface area (Å²) >= 11 is 0. The van der Waals surface area contributed by atoms with Crippen molar-refractivity contribution < 1.29 is 14.3 Å². The molecule has 0 bridgehead atoms. The maximum absolute atomic E-state index is 11.3. The Morgan fingerprint density at radius 2 is 2.06 bits per heavy atom. The summed E-state index contributed by atoms with van der Waals surface area (Å²) in [6, 6.07) is 7.00. The zero-order valence-corrected chi connectivity index (χ0v) is 10.8. The van der Waals surface area contributed by atoms with Crippen LogP contribution in [0.3, 0.4) is 0 Å². The SMILES string of the molecule is CCOC(=O)CC(N)c1ccccc1OC.Cl. The van der Waals surface area contributed by atoms with Crippen molar-refractivity contribution in [3.63, 3.8) is 0 Å². The second-order valence-electron chi connectivity index (χ2n) is 3.36. The van der Waals surface area contributed by atoms with E-state index in [0.29, 0.717) is 12.4 Å². The lowest BCUT2D eigenvalue weighted by Gasteiger charge is -2.14. The number of ether oxygens (including phenoxy) is 2. The van der Waals surface area contributed by atoms with Crippen LogP contribution in [-0.2, 0) is 9.53 Å². The number of nitrogens with two attached hydrogens (primary N) is 1. The van der Waals surface area contributed by atoms with Crippen LogP contribution in [0.4, 0.5) is 0 Å². The van der Waals surface area contributed by atoms with Crippen LogP contribution in [0.2, 0.25) is 0 Å². The Morgan fingerprint density at radius 3 is 2.65 bits per heavy atom. The van der Waals surface area contributed by atoms with E-state index in [1.165, 1.54) is 0 Å². The van der Waals surface area contributed by atoms with E-state index in [0.717, 1.165) is 5.56 Å². The first-order valence-corrected chi connectivity index (χ1v) is 5.23. The molecule has 0 spiro atoms. The average Bonchev–Trinajstić information content (AvgIpc) is 2.29. The number of hydrogen-bond donors (Lipinski definition) is 1. The van der Waals surface area contributed by atoms with Gasteiger partial charge in [-0.3, -0.25) is 4.79 Å². The van der Waals surface area contributed by atoms with E-state index in [-0.39, 0.29) is 24.8 Å². The minimum absolute atomic E-state index is 0. The zero-order chi connectivity index (χ0) is 12.0. The first-order valence-electron chi connectivity index (χ1n) is 5.23. The molecular formula is C12H18ClNO3. The second kappa shape index (κ2) is 7.92. The molecule has 0 saturated heterocycles. The molecule has 0 aliphatic rings. The fourth-order valence-electron chi connectivity index (χ4n) is 1.48. The average molecular weight is 260 g/mol. The van der Waals surface area contributed by atoms with Crippen LogP contribution in [0.5, 0.6) is 5.75 Å². The van der Waals surface area contributed by atoms with Crippen molar-refractivity contribution in [3.8, 4) is 5.75 Å². The third-order valence-electron chi connectivity index (χ3n) is 2.23. The van der Waals surface area contributed by atoms with Crippen LogP contribution < -0.4 is 10.5 Å². The number of benzene rings is 1. The molecule has 1 aromatic carbocycles. The summed E-state index contributed by atoms with van der Waals surface area (Å²) in [5, 5.41) is 0. The van der Waals surface area contributed by atoms with Crippen molar-refractivity contribution in [2.75, 3.05) is 13.7 Å². The van der Waals surface area contributed by atoms with Crippen molar-refractivity contribution >= 4 is 18.4 Å². The van der Waals surface area contributed by atoms with Gasteiger partial charge in [-0.15, -0.1) is 12.4 Å². The number of carbonyl (C=O) groups is 1. The highest BCUT2D eigenvalue weighted by Gasteiger charge is 2.15. The number of carbonyl (C=O) groups excluding carboxylic acids is 1. The molecule has 5 heteroatoms. The lowest BCUT2D eigenvalue weighted by atomic mass is 10.0. The Labute approximate surface area is 108 Å². The maximum Gasteiger partial charge on any atom is 0.307 e. The first-order chi connectivity index (χ1) is 7.69. The smallest absolute Gasteiger partial charge is 0.307 e. The molecule has 0 saturated carbocycles. The molecule has 0 aromatic heterocycles. The summed E-state index contributed by atoms with van der Waals surface area (Å²) in [6.45, 7) is 2.14. The van der Waals surface area contributed by atoms with Gasteiger partial charge in [0.1, 0.15) is 5.75 Å². The molecule has 0 amide bonds. The van der Waals surface area contributed by atoms with E-state index in [4.69, 9.17) is 15.2 Å². The van der Waals surface area contributed by atoms with Gasteiger partial charge in [-0.25, -0.2) is 0 Å². The summed E-state index contributed by atoms with van der Waals surface area (Å²) in [6.07, 6.45) is 0.161. The van der Waals surface area contributed by atoms with E-state index in [9.17, 15) is 4.79 Å². The van der Waals surface area contributed by atoms with Crippen molar-refractivity contribution in [2.24, 2.45) is 5.73 Å². The van der Waals surface area contributed by atoms with Crippen molar-refractivity contribution in [2.45, 2.75) is 19.4 Å². The largest absolute Gasteiger partial charge is 0.496 e. The van der Waals surface area contributed by atoms with Crippen LogP contribution >= 0.6 is 12.4 Å². The lowest BCUT2D eigenvalue weighted by molar-refractivity contribution is -0.143. The minimum atomic E-state index is -0.393. The number of rotatable bonds is 5. The molecule has 96 valence electrons. The highest BCUT2D eigenvalue weighted by Crippen LogP contribution is 2.25. The summed E-state index contributed by atoms with van der Waals surface area (Å²) in [5.74, 6) is 0.403. The Kier molecular flexibility index (Phi) is 7.34. The highest BCUT2D eigenvalue weighted by molar-refractivity contribution is 5.85. The Bertz CT molecular complexity index is 357.